The molecular formula is C7H17N3. The Hall–Kier alpha value is -0.660. The summed E-state index contributed by atoms with van der Waals surface area (Å²) in [5.41, 5.74) is 0. The Balaban J connectivity index is 0. The maximum Gasteiger partial charge on any atom is 0.0892 e. The van der Waals surface area contributed by atoms with E-state index < -0.39 is 0 Å². The molecule has 0 fully saturated rings. The zero-order chi connectivity index (χ0) is 8.24. The molecule has 0 heterocycles. The fourth-order valence-electron chi connectivity index (χ4n) is 0.191. The van der Waals surface area contributed by atoms with Gasteiger partial charge in [-0.3, -0.25) is 0 Å². The molecule has 0 aliphatic heterocycles. The Bertz CT molecular complexity index is 85.0. The molecule has 0 saturated carbocycles. The summed E-state index contributed by atoms with van der Waals surface area (Å²) in [6.07, 6.45) is 0. The minimum atomic E-state index is 0.781. The molecule has 0 aromatic rings. The van der Waals surface area contributed by atoms with Crippen LogP contribution in [0.3, 0.4) is 0 Å². The van der Waals surface area contributed by atoms with E-state index in [2.05, 4.69) is 21.3 Å². The van der Waals surface area contributed by atoms with E-state index >= 15 is 0 Å². The van der Waals surface area contributed by atoms with Crippen molar-refractivity contribution >= 4 is 6.01 Å². The van der Waals surface area contributed by atoms with Crippen LogP contribution in [-0.4, -0.2) is 33.2 Å². The molecular weight excluding hydrogens is 126 g/mol. The highest BCUT2D eigenvalue weighted by atomic mass is 14.8. The van der Waals surface area contributed by atoms with E-state index in [4.69, 9.17) is 0 Å². The van der Waals surface area contributed by atoms with Gasteiger partial charge in [0, 0.05) is 13.1 Å². The molecule has 0 aliphatic carbocycles. The van der Waals surface area contributed by atoms with Gasteiger partial charge in [0.2, 0.25) is 0 Å². The molecule has 1 N–H and O–H groups in total. The van der Waals surface area contributed by atoms with E-state index in [1.54, 1.807) is 0 Å². The molecule has 0 aromatic heterocycles. The molecule has 3 nitrogen and oxygen atoms in total. The second kappa shape index (κ2) is 15.8. The second-order valence-corrected chi connectivity index (χ2v) is 1.55. The molecule has 3 heteroatoms. The standard InChI is InChI=1S/C5H10N2.C2H7N/c1-3-6-5-7-4-2;1-3-2/h3-4H2,1-2H3;3H,1-2H3. The van der Waals surface area contributed by atoms with Gasteiger partial charge in [0.05, 0.1) is 6.01 Å². The predicted molar refractivity (Wildman–Crippen MR) is 45.9 cm³/mol. The van der Waals surface area contributed by atoms with Crippen molar-refractivity contribution in [3.05, 3.63) is 0 Å². The maximum atomic E-state index is 3.74. The van der Waals surface area contributed by atoms with Crippen LogP contribution >= 0.6 is 0 Å². The lowest BCUT2D eigenvalue weighted by molar-refractivity contribution is 1.02. The van der Waals surface area contributed by atoms with Crippen LogP contribution in [0, 0.1) is 0 Å². The molecule has 0 spiro atoms. The zero-order valence-corrected chi connectivity index (χ0v) is 7.31. The van der Waals surface area contributed by atoms with Crippen molar-refractivity contribution in [2.45, 2.75) is 13.8 Å². The Labute approximate surface area is 63.3 Å². The minimum Gasteiger partial charge on any atom is -0.323 e. The van der Waals surface area contributed by atoms with E-state index in [-0.39, 0.29) is 0 Å². The monoisotopic (exact) mass is 143 g/mol. The van der Waals surface area contributed by atoms with E-state index in [9.17, 15) is 0 Å². The van der Waals surface area contributed by atoms with Gasteiger partial charge in [-0.15, -0.1) is 0 Å². The van der Waals surface area contributed by atoms with Gasteiger partial charge in [0.25, 0.3) is 0 Å². The summed E-state index contributed by atoms with van der Waals surface area (Å²) in [6, 6.07) is 2.53. The van der Waals surface area contributed by atoms with Gasteiger partial charge in [-0.25, -0.2) is 9.98 Å². The van der Waals surface area contributed by atoms with E-state index in [0.717, 1.165) is 13.1 Å². The predicted octanol–water partition coefficient (Wildman–Crippen LogP) is 1.04. The Kier molecular flexibility index (Phi) is 19.0. The third kappa shape index (κ3) is 26.4. The molecule has 0 unspecified atom stereocenters. The number of rotatable bonds is 2. The average molecular weight is 143 g/mol. The lowest BCUT2D eigenvalue weighted by Gasteiger charge is -1.68. The van der Waals surface area contributed by atoms with Crippen molar-refractivity contribution in [1.29, 1.82) is 0 Å². The quantitative estimate of drug-likeness (QED) is 0.576. The van der Waals surface area contributed by atoms with Crippen molar-refractivity contribution in [1.82, 2.24) is 5.32 Å². The fourth-order valence-corrected chi connectivity index (χ4v) is 0.191. The van der Waals surface area contributed by atoms with Crippen molar-refractivity contribution in [3.63, 3.8) is 0 Å². The smallest absolute Gasteiger partial charge is 0.0892 e. The molecule has 0 radical (unpaired) electrons. The molecule has 0 aromatic carbocycles. The number of hydrogen-bond acceptors (Lipinski definition) is 3. The molecule has 0 atom stereocenters. The first-order valence-corrected chi connectivity index (χ1v) is 3.49. The number of hydrogen-bond donors (Lipinski definition) is 1. The summed E-state index contributed by atoms with van der Waals surface area (Å²) >= 11 is 0. The molecule has 0 bridgehead atoms. The summed E-state index contributed by atoms with van der Waals surface area (Å²) in [6.45, 7) is 5.48. The zero-order valence-electron chi connectivity index (χ0n) is 7.31. The SMILES string of the molecule is CCN=C=NCC.CNC. The molecule has 0 aliphatic rings. The number of nitrogens with one attached hydrogen (secondary N) is 1. The Morgan fingerprint density at radius 2 is 1.40 bits per heavy atom. The first-order valence-electron chi connectivity index (χ1n) is 3.49. The number of nitrogens with zero attached hydrogens (tertiary/aromatic N) is 2. The van der Waals surface area contributed by atoms with Crippen LogP contribution in [0.5, 0.6) is 0 Å². The van der Waals surface area contributed by atoms with Crippen LogP contribution in [0.1, 0.15) is 13.8 Å². The van der Waals surface area contributed by atoms with Crippen molar-refractivity contribution in [2.75, 3.05) is 27.2 Å². The molecule has 0 rings (SSSR count). The van der Waals surface area contributed by atoms with Crippen LogP contribution in [-0.2, 0) is 0 Å². The van der Waals surface area contributed by atoms with Crippen LogP contribution in [0.2, 0.25) is 0 Å². The van der Waals surface area contributed by atoms with Gasteiger partial charge in [0.1, 0.15) is 0 Å². The van der Waals surface area contributed by atoms with Gasteiger partial charge >= 0.3 is 0 Å². The van der Waals surface area contributed by atoms with E-state index in [1.807, 2.05) is 27.9 Å². The average Bonchev–Trinajstić information content (AvgIpc) is 1.91. The van der Waals surface area contributed by atoms with Crippen molar-refractivity contribution in [2.24, 2.45) is 9.98 Å². The van der Waals surface area contributed by atoms with Crippen LogP contribution < -0.4 is 5.32 Å². The molecule has 60 valence electrons. The molecule has 0 saturated heterocycles. The summed E-state index contributed by atoms with van der Waals surface area (Å²) < 4.78 is 0. The van der Waals surface area contributed by atoms with Gasteiger partial charge < -0.3 is 5.32 Å². The lowest BCUT2D eigenvalue weighted by Crippen LogP contribution is -1.89. The topological polar surface area (TPSA) is 36.8 Å². The maximum absolute atomic E-state index is 3.74. The second-order valence-electron chi connectivity index (χ2n) is 1.55. The highest BCUT2D eigenvalue weighted by molar-refractivity contribution is 5.40. The summed E-state index contributed by atoms with van der Waals surface area (Å²) in [5, 5.41) is 2.75. The largest absolute Gasteiger partial charge is 0.323 e. The lowest BCUT2D eigenvalue weighted by atomic mass is 10.8. The highest BCUT2D eigenvalue weighted by Gasteiger charge is 1.57. The van der Waals surface area contributed by atoms with Gasteiger partial charge in [-0.1, -0.05) is 0 Å². The molecule has 0 amide bonds. The highest BCUT2D eigenvalue weighted by Crippen LogP contribution is 1.61. The number of aliphatic imine (C=N–C) groups is 2. The summed E-state index contributed by atoms with van der Waals surface area (Å²) in [7, 11) is 3.75. The molecule has 10 heavy (non-hydrogen) atoms. The van der Waals surface area contributed by atoms with Gasteiger partial charge in [-0.05, 0) is 27.9 Å². The van der Waals surface area contributed by atoms with E-state index in [1.165, 1.54) is 0 Å². The third-order valence-corrected chi connectivity index (χ3v) is 0.458. The summed E-state index contributed by atoms with van der Waals surface area (Å²) in [5.74, 6) is 0. The van der Waals surface area contributed by atoms with Crippen molar-refractivity contribution in [3.8, 4) is 0 Å². The third-order valence-electron chi connectivity index (χ3n) is 0.458. The first-order chi connectivity index (χ1) is 4.83. The van der Waals surface area contributed by atoms with Gasteiger partial charge in [-0.2, -0.15) is 0 Å². The Morgan fingerprint density at radius 3 is 1.60 bits per heavy atom. The Morgan fingerprint density at radius 1 is 1.10 bits per heavy atom. The van der Waals surface area contributed by atoms with Crippen LogP contribution in [0.15, 0.2) is 9.98 Å². The fraction of sp³-hybridized carbons (Fsp3) is 0.857. The van der Waals surface area contributed by atoms with Crippen LogP contribution in [0.4, 0.5) is 0 Å². The summed E-state index contributed by atoms with van der Waals surface area (Å²) in [4.78, 5) is 7.49. The van der Waals surface area contributed by atoms with Crippen LogP contribution in [0.25, 0.3) is 0 Å². The van der Waals surface area contributed by atoms with E-state index in [0.29, 0.717) is 0 Å². The minimum absolute atomic E-state index is 0.781. The first kappa shape index (κ1) is 12.1. The normalized spacial score (nSPS) is 6.80. The van der Waals surface area contributed by atoms with Gasteiger partial charge in [0.15, 0.2) is 0 Å². The van der Waals surface area contributed by atoms with Crippen molar-refractivity contribution < 1.29 is 0 Å².